The molecule has 5 heteroatoms. The number of ether oxygens (including phenoxy) is 1. The van der Waals surface area contributed by atoms with Gasteiger partial charge in [-0.05, 0) is 31.9 Å². The Kier molecular flexibility index (Phi) is 5.33. The van der Waals surface area contributed by atoms with E-state index in [0.717, 1.165) is 22.0 Å². The molecule has 0 saturated carbocycles. The maximum atomic E-state index is 11.9. The van der Waals surface area contributed by atoms with E-state index in [1.165, 1.54) is 4.88 Å². The van der Waals surface area contributed by atoms with Gasteiger partial charge in [-0.25, -0.2) is 4.98 Å². The zero-order valence-electron chi connectivity index (χ0n) is 12.6. The molecule has 2 rings (SSSR count). The Morgan fingerprint density at radius 3 is 2.76 bits per heavy atom. The molecule has 1 aromatic carbocycles. The van der Waals surface area contributed by atoms with E-state index >= 15 is 0 Å². The van der Waals surface area contributed by atoms with Gasteiger partial charge in [-0.2, -0.15) is 0 Å². The number of para-hydroxylation sites is 1. The highest BCUT2D eigenvalue weighted by molar-refractivity contribution is 7.11. The summed E-state index contributed by atoms with van der Waals surface area (Å²) in [5, 5.41) is 3.87. The Morgan fingerprint density at radius 1 is 1.33 bits per heavy atom. The molecular weight excluding hydrogens is 284 g/mol. The minimum absolute atomic E-state index is 0.0337. The normalized spacial score (nSPS) is 10.4. The molecule has 4 nitrogen and oxygen atoms in total. The lowest BCUT2D eigenvalue weighted by Gasteiger charge is -2.08. The van der Waals surface area contributed by atoms with Crippen molar-refractivity contribution in [2.45, 2.75) is 33.2 Å². The van der Waals surface area contributed by atoms with Crippen LogP contribution in [0.5, 0.6) is 5.75 Å². The highest BCUT2D eigenvalue weighted by Gasteiger charge is 2.08. The summed E-state index contributed by atoms with van der Waals surface area (Å²) in [4.78, 5) is 17.5. The third-order valence-corrected chi connectivity index (χ3v) is 4.40. The standard InChI is InChI=1S/C16H20N2O2S/c1-11-12(2)21-16(18-11)10-17-15(19)9-8-13-6-4-5-7-14(13)20-3/h4-7H,8-10H2,1-3H3,(H,17,19). The second kappa shape index (κ2) is 7.22. The Bertz CT molecular complexity index is 603. The van der Waals surface area contributed by atoms with Crippen LogP contribution in [0.3, 0.4) is 0 Å². The maximum absolute atomic E-state index is 11.9. The van der Waals surface area contributed by atoms with E-state index in [0.29, 0.717) is 19.4 Å². The number of nitrogens with zero attached hydrogens (tertiary/aromatic N) is 1. The monoisotopic (exact) mass is 304 g/mol. The molecule has 0 aliphatic carbocycles. The molecule has 1 heterocycles. The molecular formula is C16H20N2O2S. The van der Waals surface area contributed by atoms with Crippen molar-refractivity contribution < 1.29 is 9.53 Å². The van der Waals surface area contributed by atoms with Crippen molar-refractivity contribution in [1.29, 1.82) is 0 Å². The lowest BCUT2D eigenvalue weighted by atomic mass is 10.1. The van der Waals surface area contributed by atoms with Crippen LogP contribution in [0.25, 0.3) is 0 Å². The smallest absolute Gasteiger partial charge is 0.220 e. The van der Waals surface area contributed by atoms with Crippen molar-refractivity contribution >= 4 is 17.2 Å². The summed E-state index contributed by atoms with van der Waals surface area (Å²) in [5.74, 6) is 0.864. The maximum Gasteiger partial charge on any atom is 0.220 e. The van der Waals surface area contributed by atoms with Gasteiger partial charge in [-0.15, -0.1) is 11.3 Å². The van der Waals surface area contributed by atoms with Crippen LogP contribution in [0, 0.1) is 13.8 Å². The predicted octanol–water partition coefficient (Wildman–Crippen LogP) is 3.02. The minimum atomic E-state index is 0.0337. The lowest BCUT2D eigenvalue weighted by molar-refractivity contribution is -0.121. The van der Waals surface area contributed by atoms with E-state index in [2.05, 4.69) is 10.3 Å². The molecule has 112 valence electrons. The van der Waals surface area contributed by atoms with Gasteiger partial charge in [-0.3, -0.25) is 4.79 Å². The Morgan fingerprint density at radius 2 is 2.10 bits per heavy atom. The summed E-state index contributed by atoms with van der Waals surface area (Å²) >= 11 is 1.63. The number of thiazole rings is 1. The van der Waals surface area contributed by atoms with Crippen LogP contribution in [-0.2, 0) is 17.8 Å². The molecule has 0 bridgehead atoms. The average molecular weight is 304 g/mol. The van der Waals surface area contributed by atoms with E-state index in [9.17, 15) is 4.79 Å². The molecule has 0 aliphatic rings. The van der Waals surface area contributed by atoms with Crippen LogP contribution in [0.1, 0.15) is 27.6 Å². The number of carbonyl (C=O) groups excluding carboxylic acids is 1. The number of aromatic nitrogens is 1. The van der Waals surface area contributed by atoms with Gasteiger partial charge in [0, 0.05) is 11.3 Å². The molecule has 21 heavy (non-hydrogen) atoms. The number of hydrogen-bond donors (Lipinski definition) is 1. The third kappa shape index (κ3) is 4.29. The van der Waals surface area contributed by atoms with E-state index < -0.39 is 0 Å². The molecule has 0 aliphatic heterocycles. The molecule has 0 atom stereocenters. The first-order valence-electron chi connectivity index (χ1n) is 6.91. The average Bonchev–Trinajstić information content (AvgIpc) is 2.82. The zero-order valence-corrected chi connectivity index (χ0v) is 13.4. The van der Waals surface area contributed by atoms with Gasteiger partial charge in [0.2, 0.25) is 5.91 Å². The molecule has 0 radical (unpaired) electrons. The molecule has 0 unspecified atom stereocenters. The summed E-state index contributed by atoms with van der Waals surface area (Å²) in [6, 6.07) is 7.78. The summed E-state index contributed by atoms with van der Waals surface area (Å²) in [7, 11) is 1.64. The van der Waals surface area contributed by atoms with Crippen LogP contribution in [0.2, 0.25) is 0 Å². The highest BCUT2D eigenvalue weighted by atomic mass is 32.1. The molecule has 0 spiro atoms. The van der Waals surface area contributed by atoms with Crippen molar-refractivity contribution in [3.8, 4) is 5.75 Å². The van der Waals surface area contributed by atoms with E-state index in [1.54, 1.807) is 18.4 Å². The van der Waals surface area contributed by atoms with Crippen molar-refractivity contribution in [1.82, 2.24) is 10.3 Å². The number of hydrogen-bond acceptors (Lipinski definition) is 4. The van der Waals surface area contributed by atoms with Crippen LogP contribution < -0.4 is 10.1 Å². The fraction of sp³-hybridized carbons (Fsp3) is 0.375. The number of aryl methyl sites for hydroxylation is 3. The lowest BCUT2D eigenvalue weighted by Crippen LogP contribution is -2.23. The first-order chi connectivity index (χ1) is 10.1. The zero-order chi connectivity index (χ0) is 15.2. The molecule has 2 aromatic rings. The minimum Gasteiger partial charge on any atom is -0.496 e. The molecule has 1 aromatic heterocycles. The molecule has 0 saturated heterocycles. The van der Waals surface area contributed by atoms with Gasteiger partial charge >= 0.3 is 0 Å². The number of amides is 1. The van der Waals surface area contributed by atoms with Crippen molar-refractivity contribution in [2.75, 3.05) is 7.11 Å². The largest absolute Gasteiger partial charge is 0.496 e. The Balaban J connectivity index is 1.82. The fourth-order valence-electron chi connectivity index (χ4n) is 2.04. The summed E-state index contributed by atoms with van der Waals surface area (Å²) < 4.78 is 5.28. The van der Waals surface area contributed by atoms with Crippen LogP contribution in [0.4, 0.5) is 0 Å². The van der Waals surface area contributed by atoms with Gasteiger partial charge in [0.15, 0.2) is 0 Å². The van der Waals surface area contributed by atoms with Crippen LogP contribution in [-0.4, -0.2) is 18.0 Å². The van der Waals surface area contributed by atoms with Gasteiger partial charge in [-0.1, -0.05) is 18.2 Å². The number of methoxy groups -OCH3 is 1. The topological polar surface area (TPSA) is 51.2 Å². The number of nitrogens with one attached hydrogen (secondary N) is 1. The molecule has 0 fully saturated rings. The van der Waals surface area contributed by atoms with Gasteiger partial charge in [0.25, 0.3) is 0 Å². The molecule has 1 amide bonds. The van der Waals surface area contributed by atoms with Gasteiger partial charge < -0.3 is 10.1 Å². The van der Waals surface area contributed by atoms with Crippen molar-refractivity contribution in [2.24, 2.45) is 0 Å². The second-order valence-corrected chi connectivity index (χ2v) is 6.13. The highest BCUT2D eigenvalue weighted by Crippen LogP contribution is 2.19. The van der Waals surface area contributed by atoms with E-state index in [-0.39, 0.29) is 5.91 Å². The first kappa shape index (κ1) is 15.5. The van der Waals surface area contributed by atoms with Gasteiger partial charge in [0.1, 0.15) is 10.8 Å². The summed E-state index contributed by atoms with van der Waals surface area (Å²) in [6.07, 6.45) is 1.12. The second-order valence-electron chi connectivity index (χ2n) is 4.84. The van der Waals surface area contributed by atoms with Crippen molar-refractivity contribution in [3.05, 3.63) is 45.4 Å². The Labute approximate surface area is 129 Å². The SMILES string of the molecule is COc1ccccc1CCC(=O)NCc1nc(C)c(C)s1. The predicted molar refractivity (Wildman–Crippen MR) is 84.7 cm³/mol. The number of benzene rings is 1. The Hall–Kier alpha value is -1.88. The van der Waals surface area contributed by atoms with E-state index in [1.807, 2.05) is 38.1 Å². The first-order valence-corrected chi connectivity index (χ1v) is 7.73. The third-order valence-electron chi connectivity index (χ3n) is 3.32. The van der Waals surface area contributed by atoms with Crippen LogP contribution >= 0.6 is 11.3 Å². The van der Waals surface area contributed by atoms with Crippen LogP contribution in [0.15, 0.2) is 24.3 Å². The van der Waals surface area contributed by atoms with Gasteiger partial charge in [0.05, 0.1) is 19.3 Å². The number of rotatable bonds is 6. The summed E-state index contributed by atoms with van der Waals surface area (Å²) in [5.41, 5.74) is 2.09. The fourth-order valence-corrected chi connectivity index (χ4v) is 2.91. The quantitative estimate of drug-likeness (QED) is 0.892. The van der Waals surface area contributed by atoms with E-state index in [4.69, 9.17) is 4.74 Å². The summed E-state index contributed by atoms with van der Waals surface area (Å²) in [6.45, 7) is 4.53. The van der Waals surface area contributed by atoms with Crippen molar-refractivity contribution in [3.63, 3.8) is 0 Å². The molecule has 1 N–H and O–H groups in total. The number of carbonyl (C=O) groups is 1.